The minimum absolute atomic E-state index is 0.513. The monoisotopic (exact) mass is 772 g/mol. The summed E-state index contributed by atoms with van der Waals surface area (Å²) in [6.07, 6.45) is 1.66. The molecule has 14 nitrogen and oxygen atoms in total. The highest BCUT2D eigenvalue weighted by atomic mass is 35.7. The molecular weight excluding hydrogens is 707 g/mol. The maximum atomic E-state index is 6.59. The number of methoxy groups -OCH3 is 2. The molecule has 0 aliphatic heterocycles. The van der Waals surface area contributed by atoms with Crippen molar-refractivity contribution in [2.24, 2.45) is 0 Å². The third-order valence-corrected chi connectivity index (χ3v) is 10.7. The van der Waals surface area contributed by atoms with E-state index in [1.807, 2.05) is 0 Å². The van der Waals surface area contributed by atoms with Crippen LogP contribution in [0.15, 0.2) is 0 Å². The molecule has 0 aliphatic rings. The highest BCUT2D eigenvalue weighted by Gasteiger charge is 2.27. The van der Waals surface area contributed by atoms with E-state index < -0.39 is 6.69 Å². The van der Waals surface area contributed by atoms with Gasteiger partial charge in [-0.1, -0.05) is 0 Å². The van der Waals surface area contributed by atoms with Crippen molar-refractivity contribution in [2.75, 3.05) is 186 Å². The van der Waals surface area contributed by atoms with E-state index in [2.05, 4.69) is 0 Å². The molecule has 0 radical (unpaired) electrons. The maximum absolute atomic E-state index is 6.59. The van der Waals surface area contributed by atoms with Crippen molar-refractivity contribution in [1.82, 2.24) is 0 Å². The molecule has 0 heterocycles. The molecule has 49 heavy (non-hydrogen) atoms. The standard InChI is InChI=1S/C32H66Cl2O14Si/c1-35-7-9-39-15-17-43-23-25-47-29-27-45-21-19-41-13-11-37-5-3-31-49(33,34)32-4-6-38-12-14-42-20-22-46-28-30-48-26-24-44-18-16-40-10-8-36-2/h3-32H2,1-2H3. The van der Waals surface area contributed by atoms with Crippen molar-refractivity contribution in [3.63, 3.8) is 0 Å². The van der Waals surface area contributed by atoms with E-state index in [1.54, 1.807) is 14.2 Å². The van der Waals surface area contributed by atoms with Crippen LogP contribution in [0.4, 0.5) is 0 Å². The van der Waals surface area contributed by atoms with E-state index in [1.165, 1.54) is 0 Å². The van der Waals surface area contributed by atoms with Crippen LogP contribution in [0.1, 0.15) is 12.8 Å². The Hall–Kier alpha value is 0.237. The van der Waals surface area contributed by atoms with Gasteiger partial charge in [0.05, 0.1) is 159 Å². The lowest BCUT2D eigenvalue weighted by Gasteiger charge is -2.16. The van der Waals surface area contributed by atoms with Gasteiger partial charge in [-0.05, 0) is 24.9 Å². The summed E-state index contributed by atoms with van der Waals surface area (Å²) < 4.78 is 75.4. The van der Waals surface area contributed by atoms with Crippen molar-refractivity contribution < 1.29 is 66.3 Å². The van der Waals surface area contributed by atoms with E-state index in [-0.39, 0.29) is 0 Å². The minimum atomic E-state index is -2.30. The lowest BCUT2D eigenvalue weighted by Crippen LogP contribution is -2.20. The van der Waals surface area contributed by atoms with Crippen LogP contribution in [0.5, 0.6) is 0 Å². The van der Waals surface area contributed by atoms with Crippen LogP contribution in [0.25, 0.3) is 0 Å². The molecule has 0 saturated carbocycles. The number of ether oxygens (including phenoxy) is 14. The van der Waals surface area contributed by atoms with Crippen molar-refractivity contribution >= 4 is 28.9 Å². The Labute approximate surface area is 305 Å². The van der Waals surface area contributed by atoms with Crippen molar-refractivity contribution in [1.29, 1.82) is 0 Å². The van der Waals surface area contributed by atoms with Gasteiger partial charge in [-0.15, -0.1) is 22.2 Å². The first-order chi connectivity index (χ1) is 24.1. The van der Waals surface area contributed by atoms with E-state index in [0.29, 0.717) is 172 Å². The van der Waals surface area contributed by atoms with Gasteiger partial charge in [0, 0.05) is 27.4 Å². The largest absolute Gasteiger partial charge is 0.382 e. The van der Waals surface area contributed by atoms with E-state index in [0.717, 1.165) is 24.9 Å². The predicted octanol–water partition coefficient (Wildman–Crippen LogP) is 3.18. The second-order valence-corrected chi connectivity index (χ2v) is 18.0. The first-order valence-corrected chi connectivity index (χ1v) is 21.8. The lowest BCUT2D eigenvalue weighted by atomic mass is 10.5. The number of hydrogen-bond acceptors (Lipinski definition) is 14. The van der Waals surface area contributed by atoms with Crippen molar-refractivity contribution in [2.45, 2.75) is 24.9 Å². The van der Waals surface area contributed by atoms with Crippen LogP contribution in [-0.2, 0) is 66.3 Å². The fourth-order valence-electron chi connectivity index (χ4n) is 3.68. The van der Waals surface area contributed by atoms with Gasteiger partial charge in [-0.3, -0.25) is 0 Å². The molecular formula is C32H66Cl2O14Si. The second kappa shape index (κ2) is 42.6. The Morgan fingerprint density at radius 2 is 0.429 bits per heavy atom. The Balaban J connectivity index is 3.24. The van der Waals surface area contributed by atoms with Gasteiger partial charge in [0.25, 0.3) is 6.69 Å². The molecule has 17 heteroatoms. The molecule has 0 rings (SSSR count). The van der Waals surface area contributed by atoms with Crippen LogP contribution in [0.2, 0.25) is 12.1 Å². The zero-order chi connectivity index (χ0) is 35.6. The number of rotatable bonds is 44. The minimum Gasteiger partial charge on any atom is -0.382 e. The lowest BCUT2D eigenvalue weighted by molar-refractivity contribution is -0.0191. The first-order valence-electron chi connectivity index (χ1n) is 17.4. The summed E-state index contributed by atoms with van der Waals surface area (Å²) in [5, 5.41) is 0. The van der Waals surface area contributed by atoms with Gasteiger partial charge >= 0.3 is 0 Å². The Kier molecular flexibility index (Phi) is 42.9. The molecule has 0 saturated heterocycles. The fraction of sp³-hybridized carbons (Fsp3) is 1.00. The number of halogens is 2. The zero-order valence-electron chi connectivity index (χ0n) is 30.2. The SMILES string of the molecule is COCCOCCOCCOCCOCCOCCOCCC[Si](Cl)(Cl)CCCOCCOCCOCCOCCOCCOCCOC. The molecule has 296 valence electrons. The second-order valence-electron chi connectivity index (χ2n) is 10.4. The first kappa shape index (κ1) is 49.2. The molecule has 0 fully saturated rings. The summed E-state index contributed by atoms with van der Waals surface area (Å²) in [7, 11) is 3.29. The molecule has 0 aliphatic carbocycles. The summed E-state index contributed by atoms with van der Waals surface area (Å²) in [5.41, 5.74) is 0. The molecule has 0 bridgehead atoms. The zero-order valence-corrected chi connectivity index (χ0v) is 32.7. The molecule has 0 aromatic heterocycles. The number of hydrogen-bond donors (Lipinski definition) is 0. The molecule has 0 spiro atoms. The fourth-order valence-corrected chi connectivity index (χ4v) is 6.86. The van der Waals surface area contributed by atoms with Crippen LogP contribution < -0.4 is 0 Å². The van der Waals surface area contributed by atoms with E-state index in [4.69, 9.17) is 88.5 Å². The van der Waals surface area contributed by atoms with Crippen LogP contribution in [-0.4, -0.2) is 193 Å². The highest BCUT2D eigenvalue weighted by molar-refractivity contribution is 7.45. The van der Waals surface area contributed by atoms with Gasteiger partial charge in [0.15, 0.2) is 0 Å². The topological polar surface area (TPSA) is 129 Å². The van der Waals surface area contributed by atoms with Crippen molar-refractivity contribution in [3.05, 3.63) is 0 Å². The molecule has 0 amide bonds. The van der Waals surface area contributed by atoms with Crippen LogP contribution in [0, 0.1) is 0 Å². The highest BCUT2D eigenvalue weighted by Crippen LogP contribution is 2.28. The van der Waals surface area contributed by atoms with Gasteiger partial charge in [-0.2, -0.15) is 0 Å². The average molecular weight is 774 g/mol. The summed E-state index contributed by atoms with van der Waals surface area (Å²) in [6, 6.07) is 1.57. The van der Waals surface area contributed by atoms with Gasteiger partial charge < -0.3 is 66.3 Å². The summed E-state index contributed by atoms with van der Waals surface area (Å²) in [4.78, 5) is 0. The Morgan fingerprint density at radius 3 is 0.612 bits per heavy atom. The normalized spacial score (nSPS) is 12.0. The van der Waals surface area contributed by atoms with Crippen LogP contribution in [0.3, 0.4) is 0 Å². The Bertz CT molecular complexity index is 572. The third-order valence-electron chi connectivity index (χ3n) is 6.25. The summed E-state index contributed by atoms with van der Waals surface area (Å²) in [5.74, 6) is 0. The summed E-state index contributed by atoms with van der Waals surface area (Å²) >= 11 is 13.2. The van der Waals surface area contributed by atoms with E-state index in [9.17, 15) is 0 Å². The molecule has 0 N–H and O–H groups in total. The molecule has 0 aromatic carbocycles. The molecule has 0 atom stereocenters. The summed E-state index contributed by atoms with van der Waals surface area (Å²) in [6.45, 7) is 11.8. The molecule has 0 aromatic rings. The third kappa shape index (κ3) is 44.3. The maximum Gasteiger partial charge on any atom is 0.251 e. The van der Waals surface area contributed by atoms with E-state index >= 15 is 0 Å². The van der Waals surface area contributed by atoms with Crippen molar-refractivity contribution in [3.8, 4) is 0 Å². The van der Waals surface area contributed by atoms with Gasteiger partial charge in [0.2, 0.25) is 0 Å². The smallest absolute Gasteiger partial charge is 0.251 e. The quantitative estimate of drug-likeness (QED) is 0.0511. The molecule has 0 unspecified atom stereocenters. The van der Waals surface area contributed by atoms with Crippen LogP contribution >= 0.6 is 22.2 Å². The Morgan fingerprint density at radius 1 is 0.265 bits per heavy atom. The van der Waals surface area contributed by atoms with Gasteiger partial charge in [-0.25, -0.2) is 0 Å². The predicted molar refractivity (Wildman–Crippen MR) is 190 cm³/mol. The average Bonchev–Trinajstić information content (AvgIpc) is 3.09. The van der Waals surface area contributed by atoms with Gasteiger partial charge in [0.1, 0.15) is 0 Å².